The summed E-state index contributed by atoms with van der Waals surface area (Å²) in [6.45, 7) is 10.4. The van der Waals surface area contributed by atoms with E-state index in [9.17, 15) is 22.9 Å². The maximum atomic E-state index is 11.2. The Hall–Kier alpha value is -3.53. The summed E-state index contributed by atoms with van der Waals surface area (Å²) in [6.07, 6.45) is 24.5. The zero-order chi connectivity index (χ0) is 35.2. The van der Waals surface area contributed by atoms with Crippen molar-refractivity contribution in [1.82, 2.24) is 4.57 Å². The molecule has 0 spiro atoms. The summed E-state index contributed by atoms with van der Waals surface area (Å²) in [4.78, 5) is 11.0. The van der Waals surface area contributed by atoms with Gasteiger partial charge >= 0.3 is 5.97 Å². The molecule has 1 heterocycles. The third-order valence-corrected chi connectivity index (χ3v) is 9.34. The minimum atomic E-state index is -4.31. The Morgan fingerprint density at radius 3 is 1.98 bits per heavy atom. The maximum absolute atomic E-state index is 11.2. The van der Waals surface area contributed by atoms with Gasteiger partial charge in [-0.3, -0.25) is 4.79 Å². The van der Waals surface area contributed by atoms with E-state index in [0.717, 1.165) is 69.0 Å². The van der Waals surface area contributed by atoms with Gasteiger partial charge in [0.15, 0.2) is 0 Å². The molecule has 0 saturated carbocycles. The molecule has 0 aliphatic rings. The second-order valence-corrected chi connectivity index (χ2v) is 13.7. The van der Waals surface area contributed by atoms with Crippen molar-refractivity contribution in [3.8, 4) is 0 Å². The minimum Gasteiger partial charge on any atom is -0.744 e. The normalized spacial score (nSPS) is 12.4. The molecule has 3 aromatic rings. The standard InChI is InChI=1S/C31H49N2O3.C8H8O3S/c1-4-6-7-8-10-13-16-29(30(34)17-14-11-9-12-15-18-31(35)36-3)33-24-23-32(26-33)25-28-21-19-27(5-2)20-22-28;1-2-7-3-5-8(6-4-7)12(9,10)11/h5,19-24,26,29-30,34H,2,4,6-18,25H2,1,3H3;2-6H,1H2,(H,9,10,11)/q+1;/p-1. The molecule has 3 rings (SSSR count). The number of aliphatic hydroxyl groups excluding tert-OH is 1. The maximum Gasteiger partial charge on any atom is 0.305 e. The minimum absolute atomic E-state index is 0.111. The fourth-order valence-electron chi connectivity index (χ4n) is 5.56. The van der Waals surface area contributed by atoms with E-state index in [1.165, 1.54) is 69.0 Å². The average Bonchev–Trinajstić information content (AvgIpc) is 3.55. The Kier molecular flexibility index (Phi) is 19.4. The smallest absolute Gasteiger partial charge is 0.305 e. The van der Waals surface area contributed by atoms with Crippen LogP contribution in [0.25, 0.3) is 12.2 Å². The molecule has 0 radical (unpaired) electrons. The van der Waals surface area contributed by atoms with Gasteiger partial charge in [-0.1, -0.05) is 126 Å². The molecule has 0 aliphatic carbocycles. The zero-order valence-electron chi connectivity index (χ0n) is 29.0. The number of carbonyl (C=O) groups excluding carboxylic acids is 1. The Labute approximate surface area is 288 Å². The van der Waals surface area contributed by atoms with Crippen molar-refractivity contribution in [3.05, 3.63) is 97.1 Å². The van der Waals surface area contributed by atoms with Gasteiger partial charge in [0.25, 0.3) is 0 Å². The van der Waals surface area contributed by atoms with Crippen molar-refractivity contribution in [3.63, 3.8) is 0 Å². The van der Waals surface area contributed by atoms with E-state index in [2.05, 4.69) is 72.2 Å². The number of carbonyl (C=O) groups is 1. The highest BCUT2D eigenvalue weighted by atomic mass is 32.2. The number of hydrogen-bond donors (Lipinski definition) is 1. The number of unbranched alkanes of at least 4 members (excludes halogenated alkanes) is 9. The number of esters is 1. The predicted octanol–water partition coefficient (Wildman–Crippen LogP) is 8.26. The van der Waals surface area contributed by atoms with Crippen LogP contribution in [0.1, 0.15) is 120 Å². The zero-order valence-corrected chi connectivity index (χ0v) is 29.8. The van der Waals surface area contributed by atoms with E-state index in [4.69, 9.17) is 4.74 Å². The summed E-state index contributed by atoms with van der Waals surface area (Å²) in [6, 6.07) is 14.2. The number of methoxy groups -OCH3 is 1. The third kappa shape index (κ3) is 16.0. The van der Waals surface area contributed by atoms with Gasteiger partial charge in [0.05, 0.1) is 18.1 Å². The quantitative estimate of drug-likeness (QED) is 0.0495. The van der Waals surface area contributed by atoms with Gasteiger partial charge in [-0.05, 0) is 54.5 Å². The molecule has 0 amide bonds. The Bertz CT molecular complexity index is 1450. The largest absolute Gasteiger partial charge is 0.744 e. The lowest BCUT2D eigenvalue weighted by Crippen LogP contribution is -2.33. The SMILES string of the molecule is C=Cc1ccc(C[n+]2ccn(C(CCCCCCCC)C(O)CCCCCCCC(=O)OC)c2)cc1.C=Cc1ccc(S(=O)(=O)[O-])cc1. The summed E-state index contributed by atoms with van der Waals surface area (Å²) in [7, 11) is -2.87. The molecule has 0 fully saturated rings. The average molecular weight is 681 g/mol. The Morgan fingerprint density at radius 1 is 0.875 bits per heavy atom. The molecule has 2 atom stereocenters. The number of hydrogen-bond acceptors (Lipinski definition) is 6. The summed E-state index contributed by atoms with van der Waals surface area (Å²) >= 11 is 0. The molecular formula is C39H56N2O6S. The van der Waals surface area contributed by atoms with Crippen molar-refractivity contribution < 1.29 is 32.2 Å². The van der Waals surface area contributed by atoms with Crippen molar-refractivity contribution >= 4 is 28.2 Å². The number of nitrogens with zero attached hydrogens (tertiary/aromatic N) is 2. The molecule has 1 N–H and O–H groups in total. The van der Waals surface area contributed by atoms with Crippen LogP contribution in [0.15, 0.2) is 85.3 Å². The first kappa shape index (κ1) is 40.6. The van der Waals surface area contributed by atoms with Crippen LogP contribution in [0.2, 0.25) is 0 Å². The van der Waals surface area contributed by atoms with Crippen LogP contribution < -0.4 is 4.57 Å². The molecule has 8 nitrogen and oxygen atoms in total. The predicted molar refractivity (Wildman–Crippen MR) is 192 cm³/mol. The molecule has 48 heavy (non-hydrogen) atoms. The number of aliphatic hydroxyl groups is 1. The Morgan fingerprint density at radius 2 is 1.42 bits per heavy atom. The first-order valence-corrected chi connectivity index (χ1v) is 18.7. The third-order valence-electron chi connectivity index (χ3n) is 8.49. The van der Waals surface area contributed by atoms with Crippen molar-refractivity contribution in [2.45, 2.75) is 120 Å². The van der Waals surface area contributed by atoms with Gasteiger partial charge in [-0.2, -0.15) is 0 Å². The van der Waals surface area contributed by atoms with Crippen molar-refractivity contribution in [2.75, 3.05) is 7.11 Å². The van der Waals surface area contributed by atoms with E-state index in [1.807, 2.05) is 6.08 Å². The Balaban J connectivity index is 0.000000558. The fourth-order valence-corrected chi connectivity index (χ4v) is 6.03. The first-order valence-electron chi connectivity index (χ1n) is 17.3. The topological polar surface area (TPSA) is 113 Å². The van der Waals surface area contributed by atoms with Gasteiger partial charge in [-0.25, -0.2) is 17.6 Å². The van der Waals surface area contributed by atoms with E-state index < -0.39 is 10.1 Å². The van der Waals surface area contributed by atoms with Crippen LogP contribution in [0.3, 0.4) is 0 Å². The monoisotopic (exact) mass is 680 g/mol. The highest BCUT2D eigenvalue weighted by Crippen LogP contribution is 2.24. The number of ether oxygens (including phenoxy) is 1. The van der Waals surface area contributed by atoms with Gasteiger partial charge in [-0.15, -0.1) is 0 Å². The van der Waals surface area contributed by atoms with Crippen LogP contribution in [-0.4, -0.2) is 41.8 Å². The molecule has 0 saturated heterocycles. The molecule has 9 heteroatoms. The summed E-state index contributed by atoms with van der Waals surface area (Å²) in [5.41, 5.74) is 3.16. The molecule has 2 aromatic carbocycles. The molecule has 264 valence electrons. The second kappa shape index (κ2) is 22.9. The van der Waals surface area contributed by atoms with Crippen LogP contribution in [0.5, 0.6) is 0 Å². The van der Waals surface area contributed by atoms with Gasteiger partial charge in [0.1, 0.15) is 35.1 Å². The highest BCUT2D eigenvalue weighted by Gasteiger charge is 2.25. The van der Waals surface area contributed by atoms with Crippen LogP contribution in [0, 0.1) is 0 Å². The molecule has 2 unspecified atom stereocenters. The van der Waals surface area contributed by atoms with Crippen LogP contribution in [-0.2, 0) is 26.2 Å². The molecular weight excluding hydrogens is 625 g/mol. The van der Waals surface area contributed by atoms with Crippen LogP contribution in [0.4, 0.5) is 0 Å². The first-order chi connectivity index (χ1) is 23.1. The van der Waals surface area contributed by atoms with Gasteiger partial charge < -0.3 is 14.4 Å². The van der Waals surface area contributed by atoms with Crippen LogP contribution >= 0.6 is 0 Å². The van der Waals surface area contributed by atoms with Crippen molar-refractivity contribution in [1.29, 1.82) is 0 Å². The van der Waals surface area contributed by atoms with E-state index in [0.29, 0.717) is 6.42 Å². The molecule has 1 aromatic heterocycles. The number of imidazole rings is 1. The molecule has 0 aliphatic heterocycles. The lowest BCUT2D eigenvalue weighted by Gasteiger charge is -2.20. The van der Waals surface area contributed by atoms with Gasteiger partial charge in [0, 0.05) is 6.42 Å². The second-order valence-electron chi connectivity index (χ2n) is 12.3. The number of aromatic nitrogens is 2. The van der Waals surface area contributed by atoms with E-state index in [-0.39, 0.29) is 23.0 Å². The summed E-state index contributed by atoms with van der Waals surface area (Å²) in [5, 5.41) is 11.2. The summed E-state index contributed by atoms with van der Waals surface area (Å²) in [5.74, 6) is -0.124. The molecule has 0 bridgehead atoms. The fraction of sp³-hybridized carbons (Fsp3) is 0.487. The highest BCUT2D eigenvalue weighted by molar-refractivity contribution is 7.85. The lowest BCUT2D eigenvalue weighted by atomic mass is 9.97. The van der Waals surface area contributed by atoms with E-state index in [1.54, 1.807) is 6.08 Å². The lowest BCUT2D eigenvalue weighted by molar-refractivity contribution is -0.688. The van der Waals surface area contributed by atoms with E-state index >= 15 is 0 Å². The van der Waals surface area contributed by atoms with Crippen molar-refractivity contribution in [2.24, 2.45) is 0 Å². The number of benzene rings is 2. The summed E-state index contributed by atoms with van der Waals surface area (Å²) < 4.78 is 40.5. The van der Waals surface area contributed by atoms with Gasteiger partial charge in [0.2, 0.25) is 6.33 Å². The number of rotatable bonds is 22.